The number of pyridine rings is 1. The molecule has 2 heterocycles. The highest BCUT2D eigenvalue weighted by Crippen LogP contribution is 2.37. The Kier molecular flexibility index (Phi) is 3.47. The molecule has 0 aliphatic heterocycles. The topological polar surface area (TPSA) is 46.4 Å². The second-order valence-electron chi connectivity index (χ2n) is 5.97. The van der Waals surface area contributed by atoms with Crippen molar-refractivity contribution in [3.63, 3.8) is 0 Å². The van der Waals surface area contributed by atoms with Gasteiger partial charge in [0.2, 0.25) is 5.91 Å². The second kappa shape index (κ2) is 5.27. The normalized spacial score (nSPS) is 17.4. The van der Waals surface area contributed by atoms with E-state index in [1.807, 2.05) is 35.0 Å². The van der Waals surface area contributed by atoms with E-state index in [4.69, 9.17) is 0 Å². The second-order valence-corrected chi connectivity index (χ2v) is 5.97. The Labute approximate surface area is 119 Å². The summed E-state index contributed by atoms with van der Waals surface area (Å²) < 4.78 is 2.01. The Morgan fingerprint density at radius 1 is 1.40 bits per heavy atom. The summed E-state index contributed by atoms with van der Waals surface area (Å²) in [7, 11) is 0. The summed E-state index contributed by atoms with van der Waals surface area (Å²) in [4.78, 5) is 16.7. The van der Waals surface area contributed by atoms with Gasteiger partial charge in [-0.15, -0.1) is 0 Å². The fourth-order valence-electron chi connectivity index (χ4n) is 3.01. The molecule has 1 saturated carbocycles. The molecule has 0 unspecified atom stereocenters. The van der Waals surface area contributed by atoms with Gasteiger partial charge in [0.15, 0.2) is 0 Å². The third kappa shape index (κ3) is 2.55. The number of amides is 1. The van der Waals surface area contributed by atoms with Crippen LogP contribution in [0.2, 0.25) is 0 Å². The number of imidazole rings is 1. The van der Waals surface area contributed by atoms with E-state index < -0.39 is 0 Å². The van der Waals surface area contributed by atoms with Crippen LogP contribution in [-0.4, -0.2) is 21.8 Å². The Morgan fingerprint density at radius 2 is 2.20 bits per heavy atom. The van der Waals surface area contributed by atoms with Gasteiger partial charge >= 0.3 is 0 Å². The average Bonchev–Trinajstić information content (AvgIpc) is 3.05. The van der Waals surface area contributed by atoms with E-state index in [-0.39, 0.29) is 11.3 Å². The van der Waals surface area contributed by atoms with Crippen molar-refractivity contribution in [1.29, 1.82) is 0 Å². The molecule has 0 spiro atoms. The Balaban J connectivity index is 1.56. The first kappa shape index (κ1) is 13.2. The maximum Gasteiger partial charge on any atom is 0.225 e. The molecule has 1 aliphatic carbocycles. The molecule has 2 aromatic rings. The summed E-state index contributed by atoms with van der Waals surface area (Å²) in [5.41, 5.74) is 1.84. The summed E-state index contributed by atoms with van der Waals surface area (Å²) in [6.07, 6.45) is 9.19. The van der Waals surface area contributed by atoms with Crippen molar-refractivity contribution in [2.45, 2.75) is 39.0 Å². The zero-order valence-corrected chi connectivity index (χ0v) is 11.9. The first-order chi connectivity index (χ1) is 9.67. The van der Waals surface area contributed by atoms with Crippen LogP contribution in [0.25, 0.3) is 5.65 Å². The van der Waals surface area contributed by atoms with Gasteiger partial charge in [0.1, 0.15) is 5.65 Å². The van der Waals surface area contributed by atoms with Crippen LogP contribution >= 0.6 is 0 Å². The Hall–Kier alpha value is -1.84. The van der Waals surface area contributed by atoms with Gasteiger partial charge in [0, 0.05) is 30.8 Å². The van der Waals surface area contributed by atoms with E-state index in [1.165, 1.54) is 12.8 Å². The van der Waals surface area contributed by atoms with Crippen molar-refractivity contribution >= 4 is 11.6 Å². The molecule has 0 bridgehead atoms. The summed E-state index contributed by atoms with van der Waals surface area (Å²) in [6.45, 7) is 2.75. The molecule has 0 aromatic carbocycles. The molecule has 4 nitrogen and oxygen atoms in total. The summed E-state index contributed by atoms with van der Waals surface area (Å²) in [5, 5.41) is 3.07. The fourth-order valence-corrected chi connectivity index (χ4v) is 3.01. The molecule has 2 aromatic heterocycles. The number of aromatic nitrogens is 2. The molecular formula is C16H21N3O. The van der Waals surface area contributed by atoms with Gasteiger partial charge in [0.25, 0.3) is 0 Å². The summed E-state index contributed by atoms with van der Waals surface area (Å²) in [6, 6.07) is 5.96. The molecule has 20 heavy (non-hydrogen) atoms. The van der Waals surface area contributed by atoms with Crippen molar-refractivity contribution in [1.82, 2.24) is 14.7 Å². The van der Waals surface area contributed by atoms with E-state index in [2.05, 4.69) is 17.2 Å². The van der Waals surface area contributed by atoms with E-state index in [0.717, 1.165) is 30.6 Å². The zero-order valence-electron chi connectivity index (χ0n) is 11.9. The van der Waals surface area contributed by atoms with Crippen LogP contribution in [0.3, 0.4) is 0 Å². The quantitative estimate of drug-likeness (QED) is 0.929. The monoisotopic (exact) mass is 271 g/mol. The van der Waals surface area contributed by atoms with Gasteiger partial charge < -0.3 is 9.72 Å². The van der Waals surface area contributed by atoms with E-state index in [0.29, 0.717) is 6.54 Å². The lowest BCUT2D eigenvalue weighted by Gasteiger charge is -2.21. The number of nitrogens with zero attached hydrogens (tertiary/aromatic N) is 2. The lowest BCUT2D eigenvalue weighted by molar-refractivity contribution is -0.129. The fraction of sp³-hybridized carbons (Fsp3) is 0.500. The molecule has 1 fully saturated rings. The van der Waals surface area contributed by atoms with Crippen molar-refractivity contribution in [2.24, 2.45) is 5.41 Å². The molecule has 106 valence electrons. The van der Waals surface area contributed by atoms with Crippen molar-refractivity contribution < 1.29 is 4.79 Å². The minimum atomic E-state index is -0.140. The lowest BCUT2D eigenvalue weighted by Crippen LogP contribution is -2.38. The number of fused-ring (bicyclic) bond motifs is 1. The van der Waals surface area contributed by atoms with Crippen LogP contribution in [0.5, 0.6) is 0 Å². The highest BCUT2D eigenvalue weighted by atomic mass is 16.2. The molecule has 0 atom stereocenters. The van der Waals surface area contributed by atoms with Crippen LogP contribution in [0, 0.1) is 5.41 Å². The van der Waals surface area contributed by atoms with Gasteiger partial charge in [-0.25, -0.2) is 4.98 Å². The predicted octanol–water partition coefficient (Wildman–Crippen LogP) is 2.57. The number of carbonyl (C=O) groups excluding carboxylic acids is 1. The Morgan fingerprint density at radius 3 is 2.95 bits per heavy atom. The first-order valence-corrected chi connectivity index (χ1v) is 7.38. The smallest absolute Gasteiger partial charge is 0.225 e. The number of hydrogen-bond donors (Lipinski definition) is 1. The molecular weight excluding hydrogens is 250 g/mol. The Bertz CT molecular complexity index is 578. The molecule has 4 heteroatoms. The molecule has 0 saturated heterocycles. The van der Waals surface area contributed by atoms with Crippen LogP contribution in [-0.2, 0) is 11.2 Å². The highest BCUT2D eigenvalue weighted by molar-refractivity contribution is 5.82. The van der Waals surface area contributed by atoms with Crippen molar-refractivity contribution in [3.8, 4) is 0 Å². The van der Waals surface area contributed by atoms with Crippen molar-refractivity contribution in [2.75, 3.05) is 6.54 Å². The molecule has 3 rings (SSSR count). The first-order valence-electron chi connectivity index (χ1n) is 7.38. The standard InChI is InChI=1S/C16H21N3O/c1-16(8-3-4-9-16)15(20)17-10-7-13-12-19-11-5-2-6-14(19)18-13/h2,5-6,11-12H,3-4,7-10H2,1H3,(H,17,20). The van der Waals surface area contributed by atoms with Gasteiger partial charge in [-0.2, -0.15) is 0 Å². The average molecular weight is 271 g/mol. The van der Waals surface area contributed by atoms with Crippen LogP contribution in [0.15, 0.2) is 30.6 Å². The third-order valence-corrected chi connectivity index (χ3v) is 4.34. The minimum Gasteiger partial charge on any atom is -0.355 e. The zero-order chi connectivity index (χ0) is 14.0. The van der Waals surface area contributed by atoms with Gasteiger partial charge in [-0.1, -0.05) is 25.8 Å². The van der Waals surface area contributed by atoms with Crippen molar-refractivity contribution in [3.05, 3.63) is 36.3 Å². The molecule has 0 radical (unpaired) electrons. The van der Waals surface area contributed by atoms with Gasteiger partial charge in [0.05, 0.1) is 5.69 Å². The van der Waals surface area contributed by atoms with Crippen LogP contribution in [0.1, 0.15) is 38.3 Å². The summed E-state index contributed by atoms with van der Waals surface area (Å²) in [5.74, 6) is 0.207. The third-order valence-electron chi connectivity index (χ3n) is 4.34. The number of carbonyl (C=O) groups is 1. The lowest BCUT2D eigenvalue weighted by atomic mass is 9.88. The van der Waals surface area contributed by atoms with Gasteiger partial charge in [-0.3, -0.25) is 4.79 Å². The maximum atomic E-state index is 12.2. The largest absolute Gasteiger partial charge is 0.355 e. The van der Waals surface area contributed by atoms with Crippen LogP contribution in [0.4, 0.5) is 0 Å². The van der Waals surface area contributed by atoms with Crippen LogP contribution < -0.4 is 5.32 Å². The van der Waals surface area contributed by atoms with Gasteiger partial charge in [-0.05, 0) is 25.0 Å². The molecule has 1 amide bonds. The number of nitrogens with one attached hydrogen (secondary N) is 1. The minimum absolute atomic E-state index is 0.140. The maximum absolute atomic E-state index is 12.2. The number of hydrogen-bond acceptors (Lipinski definition) is 2. The SMILES string of the molecule is CC1(C(=O)NCCc2cn3ccccc3n2)CCCC1. The number of rotatable bonds is 4. The summed E-state index contributed by atoms with van der Waals surface area (Å²) >= 11 is 0. The predicted molar refractivity (Wildman–Crippen MR) is 78.5 cm³/mol. The van der Waals surface area contributed by atoms with E-state index in [1.54, 1.807) is 0 Å². The molecule has 1 N–H and O–H groups in total. The highest BCUT2D eigenvalue weighted by Gasteiger charge is 2.35. The van der Waals surface area contributed by atoms with E-state index in [9.17, 15) is 4.79 Å². The van der Waals surface area contributed by atoms with E-state index >= 15 is 0 Å². The molecule has 1 aliphatic rings.